The van der Waals surface area contributed by atoms with Crippen LogP contribution in [0.2, 0.25) is 0 Å². The summed E-state index contributed by atoms with van der Waals surface area (Å²) in [5, 5.41) is 0. The Morgan fingerprint density at radius 2 is 1.56 bits per heavy atom. The highest BCUT2D eigenvalue weighted by molar-refractivity contribution is 5.96. The number of hydrogen-bond acceptors (Lipinski definition) is 5. The fourth-order valence-electron chi connectivity index (χ4n) is 5.28. The van der Waals surface area contributed by atoms with E-state index in [0.29, 0.717) is 72.9 Å². The van der Waals surface area contributed by atoms with Crippen molar-refractivity contribution >= 4 is 11.7 Å². The SMILES string of the molecule is O=C(c1ccc(-c2cc(CC(=O)C3(c4ccc5c(c4)OCO5)CC3)cc(C(F)(F)F)c2)cc1)N1CCOCC1. The first-order valence-corrected chi connectivity index (χ1v) is 12.8. The van der Waals surface area contributed by atoms with Crippen molar-refractivity contribution in [2.24, 2.45) is 0 Å². The van der Waals surface area contributed by atoms with Crippen molar-refractivity contribution < 1.29 is 37.0 Å². The predicted molar refractivity (Wildman–Crippen MR) is 136 cm³/mol. The molecule has 9 heteroatoms. The van der Waals surface area contributed by atoms with Gasteiger partial charge in [0, 0.05) is 25.1 Å². The first-order chi connectivity index (χ1) is 18.7. The van der Waals surface area contributed by atoms with E-state index in [9.17, 15) is 22.8 Å². The van der Waals surface area contributed by atoms with Crippen molar-refractivity contribution in [1.82, 2.24) is 4.90 Å². The summed E-state index contributed by atoms with van der Waals surface area (Å²) in [6.07, 6.45) is -3.43. The van der Waals surface area contributed by atoms with Gasteiger partial charge in [0.05, 0.1) is 24.2 Å². The van der Waals surface area contributed by atoms with E-state index in [0.717, 1.165) is 17.7 Å². The van der Waals surface area contributed by atoms with E-state index in [4.69, 9.17) is 14.2 Å². The molecule has 0 spiro atoms. The van der Waals surface area contributed by atoms with Crippen LogP contribution >= 0.6 is 0 Å². The van der Waals surface area contributed by atoms with Crippen LogP contribution in [0, 0.1) is 0 Å². The largest absolute Gasteiger partial charge is 0.454 e. The number of ether oxygens (including phenoxy) is 3. The molecule has 1 saturated carbocycles. The summed E-state index contributed by atoms with van der Waals surface area (Å²) < 4.78 is 57.6. The molecule has 6 nitrogen and oxygen atoms in total. The Balaban J connectivity index is 1.26. The van der Waals surface area contributed by atoms with Gasteiger partial charge in [-0.3, -0.25) is 9.59 Å². The summed E-state index contributed by atoms with van der Waals surface area (Å²) in [7, 11) is 0. The molecule has 1 saturated heterocycles. The van der Waals surface area contributed by atoms with Crippen molar-refractivity contribution in [3.05, 3.63) is 82.9 Å². The zero-order valence-electron chi connectivity index (χ0n) is 21.1. The van der Waals surface area contributed by atoms with Crippen molar-refractivity contribution in [3.8, 4) is 22.6 Å². The van der Waals surface area contributed by atoms with Crippen LogP contribution in [0.4, 0.5) is 13.2 Å². The molecule has 2 fully saturated rings. The van der Waals surface area contributed by atoms with Crippen LogP contribution in [0.1, 0.15) is 39.9 Å². The van der Waals surface area contributed by atoms with Gasteiger partial charge in [0.25, 0.3) is 5.91 Å². The van der Waals surface area contributed by atoms with Crippen molar-refractivity contribution in [2.45, 2.75) is 30.9 Å². The van der Waals surface area contributed by atoms with E-state index in [1.54, 1.807) is 47.4 Å². The molecule has 3 aromatic carbocycles. The third-order valence-corrected chi connectivity index (χ3v) is 7.66. The zero-order chi connectivity index (χ0) is 27.2. The van der Waals surface area contributed by atoms with Crippen molar-refractivity contribution in [3.63, 3.8) is 0 Å². The fourth-order valence-corrected chi connectivity index (χ4v) is 5.28. The molecule has 3 aliphatic rings. The third kappa shape index (κ3) is 4.98. The minimum Gasteiger partial charge on any atom is -0.454 e. The molecule has 0 atom stereocenters. The molecule has 3 aromatic rings. The smallest absolute Gasteiger partial charge is 0.416 e. The average molecular weight is 538 g/mol. The molecule has 0 aromatic heterocycles. The van der Waals surface area contributed by atoms with Gasteiger partial charge < -0.3 is 19.1 Å². The lowest BCUT2D eigenvalue weighted by atomic mass is 9.86. The highest BCUT2D eigenvalue weighted by Gasteiger charge is 2.51. The standard InChI is InChI=1S/C30H26F3NO5/c31-30(32,33)24-14-19(15-27(35)29(7-8-29)23-5-6-25-26(17-23)39-18-38-25)13-22(16-24)20-1-3-21(4-2-20)28(36)34-9-11-37-12-10-34/h1-6,13-14,16-17H,7-12,15,18H2. The van der Waals surface area contributed by atoms with Crippen LogP contribution in [0.3, 0.4) is 0 Å². The van der Waals surface area contributed by atoms with E-state index in [1.165, 1.54) is 0 Å². The molecule has 2 aliphatic heterocycles. The average Bonchev–Trinajstić information content (AvgIpc) is 3.63. The molecule has 0 N–H and O–H groups in total. The van der Waals surface area contributed by atoms with E-state index >= 15 is 0 Å². The van der Waals surface area contributed by atoms with Crippen LogP contribution in [0.15, 0.2) is 60.7 Å². The van der Waals surface area contributed by atoms with E-state index in [-0.39, 0.29) is 24.9 Å². The first kappa shape index (κ1) is 25.4. The number of ketones is 1. The Morgan fingerprint density at radius 1 is 0.846 bits per heavy atom. The van der Waals surface area contributed by atoms with Crippen LogP contribution < -0.4 is 9.47 Å². The van der Waals surface area contributed by atoms with Crippen molar-refractivity contribution in [2.75, 3.05) is 33.1 Å². The molecule has 1 aliphatic carbocycles. The molecule has 1 amide bonds. The fraction of sp³-hybridized carbons (Fsp3) is 0.333. The highest BCUT2D eigenvalue weighted by atomic mass is 19.4. The van der Waals surface area contributed by atoms with E-state index in [2.05, 4.69) is 0 Å². The van der Waals surface area contributed by atoms with Crippen LogP contribution in [0.25, 0.3) is 11.1 Å². The summed E-state index contributed by atoms with van der Waals surface area (Å²) in [5.41, 5.74) is 0.884. The van der Waals surface area contributed by atoms with E-state index in [1.807, 2.05) is 6.07 Å². The number of morpholine rings is 1. The van der Waals surface area contributed by atoms with Gasteiger partial charge in [-0.25, -0.2) is 0 Å². The number of benzene rings is 3. The molecule has 0 bridgehead atoms. The number of carbonyl (C=O) groups is 2. The minimum atomic E-state index is -4.57. The molecule has 2 heterocycles. The number of hydrogen-bond donors (Lipinski definition) is 0. The lowest BCUT2D eigenvalue weighted by Gasteiger charge is -2.26. The summed E-state index contributed by atoms with van der Waals surface area (Å²) in [4.78, 5) is 27.9. The second-order valence-electron chi connectivity index (χ2n) is 10.1. The normalized spacial score (nSPS) is 17.7. The van der Waals surface area contributed by atoms with Gasteiger partial charge in [-0.05, 0) is 71.5 Å². The number of rotatable bonds is 6. The van der Waals surface area contributed by atoms with Gasteiger partial charge in [0.2, 0.25) is 6.79 Å². The quantitative estimate of drug-likeness (QED) is 0.421. The molecular formula is C30H26F3NO5. The van der Waals surface area contributed by atoms with Gasteiger partial charge in [-0.15, -0.1) is 0 Å². The van der Waals surface area contributed by atoms with Gasteiger partial charge in [0.15, 0.2) is 11.5 Å². The molecule has 202 valence electrons. The minimum absolute atomic E-state index is 0.120. The predicted octanol–water partition coefficient (Wildman–Crippen LogP) is 5.42. The highest BCUT2D eigenvalue weighted by Crippen LogP contribution is 2.51. The number of fused-ring (bicyclic) bond motifs is 1. The number of halogens is 3. The number of Topliss-reactive ketones (excluding diaryl/α,β-unsaturated/α-hetero) is 1. The van der Waals surface area contributed by atoms with Gasteiger partial charge in [-0.1, -0.05) is 24.3 Å². The Kier molecular flexibility index (Phi) is 6.33. The number of amides is 1. The molecule has 0 radical (unpaired) electrons. The number of alkyl halides is 3. The van der Waals surface area contributed by atoms with Crippen molar-refractivity contribution in [1.29, 1.82) is 0 Å². The number of nitrogens with zero attached hydrogens (tertiary/aromatic N) is 1. The van der Waals surface area contributed by atoms with Crippen LogP contribution in [-0.4, -0.2) is 49.7 Å². The molecular weight excluding hydrogens is 511 g/mol. The maximum atomic E-state index is 13.8. The first-order valence-electron chi connectivity index (χ1n) is 12.8. The maximum absolute atomic E-state index is 13.8. The molecule has 39 heavy (non-hydrogen) atoms. The maximum Gasteiger partial charge on any atom is 0.416 e. The summed E-state index contributed by atoms with van der Waals surface area (Å²) in [6.45, 7) is 2.07. The zero-order valence-corrected chi connectivity index (χ0v) is 21.1. The third-order valence-electron chi connectivity index (χ3n) is 7.66. The lowest BCUT2D eigenvalue weighted by molar-refractivity contribution is -0.137. The molecule has 6 rings (SSSR count). The van der Waals surface area contributed by atoms with Crippen LogP contribution in [-0.2, 0) is 27.5 Å². The van der Waals surface area contributed by atoms with Crippen LogP contribution in [0.5, 0.6) is 11.5 Å². The summed E-state index contributed by atoms with van der Waals surface area (Å²) in [6, 6.07) is 15.7. The Labute approximate surface area is 223 Å². The Morgan fingerprint density at radius 3 is 2.26 bits per heavy atom. The van der Waals surface area contributed by atoms with Gasteiger partial charge in [-0.2, -0.15) is 13.2 Å². The Hall–Kier alpha value is -3.85. The topological polar surface area (TPSA) is 65.1 Å². The second-order valence-corrected chi connectivity index (χ2v) is 10.1. The number of carbonyl (C=O) groups excluding carboxylic acids is 2. The monoisotopic (exact) mass is 537 g/mol. The van der Waals surface area contributed by atoms with Gasteiger partial charge in [0.1, 0.15) is 5.78 Å². The summed E-state index contributed by atoms with van der Waals surface area (Å²) in [5.74, 6) is 0.919. The van der Waals surface area contributed by atoms with E-state index < -0.39 is 17.2 Å². The second kappa shape index (κ2) is 9.72. The Bertz CT molecular complexity index is 1420. The molecule has 0 unspecified atom stereocenters. The lowest BCUT2D eigenvalue weighted by Crippen LogP contribution is -2.40. The van der Waals surface area contributed by atoms with Gasteiger partial charge >= 0.3 is 6.18 Å². The summed E-state index contributed by atoms with van der Waals surface area (Å²) >= 11 is 0.